The van der Waals surface area contributed by atoms with Gasteiger partial charge in [-0.05, 0) is 26.3 Å². The van der Waals surface area contributed by atoms with Crippen LogP contribution in [0.2, 0.25) is 0 Å². The van der Waals surface area contributed by atoms with Crippen molar-refractivity contribution in [2.24, 2.45) is 0 Å². The molecule has 6 nitrogen and oxygen atoms in total. The molecule has 1 saturated heterocycles. The Morgan fingerprint density at radius 3 is 2.83 bits per heavy atom. The molecule has 1 fully saturated rings. The predicted molar refractivity (Wildman–Crippen MR) is 68.3 cm³/mol. The molecule has 0 bridgehead atoms. The van der Waals surface area contributed by atoms with E-state index in [1.165, 1.54) is 0 Å². The Labute approximate surface area is 108 Å². The summed E-state index contributed by atoms with van der Waals surface area (Å²) in [5.41, 5.74) is 0. The number of likely N-dealkylation sites (N-methyl/N-ethyl adjacent to an activating group) is 1. The van der Waals surface area contributed by atoms with Gasteiger partial charge in [0.05, 0.1) is 13.2 Å². The molecule has 0 aromatic rings. The summed E-state index contributed by atoms with van der Waals surface area (Å²) < 4.78 is 4.84. The summed E-state index contributed by atoms with van der Waals surface area (Å²) in [5, 5.41) is 5.80. The molecule has 18 heavy (non-hydrogen) atoms. The molecule has 1 aliphatic rings. The van der Waals surface area contributed by atoms with Gasteiger partial charge < -0.3 is 20.3 Å². The Hall–Kier alpha value is -1.30. The molecule has 0 aromatic heterocycles. The van der Waals surface area contributed by atoms with E-state index in [-0.39, 0.29) is 11.9 Å². The third-order valence-electron chi connectivity index (χ3n) is 2.90. The van der Waals surface area contributed by atoms with Crippen LogP contribution in [0.1, 0.15) is 26.7 Å². The van der Waals surface area contributed by atoms with Crippen molar-refractivity contribution in [3.63, 3.8) is 0 Å². The van der Waals surface area contributed by atoms with Gasteiger partial charge in [-0.3, -0.25) is 4.79 Å². The van der Waals surface area contributed by atoms with Crippen LogP contribution in [0.25, 0.3) is 0 Å². The fourth-order valence-corrected chi connectivity index (χ4v) is 2.00. The lowest BCUT2D eigenvalue weighted by Crippen LogP contribution is -2.51. The first-order valence-electron chi connectivity index (χ1n) is 6.59. The van der Waals surface area contributed by atoms with Crippen molar-refractivity contribution in [1.82, 2.24) is 15.5 Å². The van der Waals surface area contributed by atoms with E-state index in [0.29, 0.717) is 19.7 Å². The van der Waals surface area contributed by atoms with Crippen molar-refractivity contribution in [3.05, 3.63) is 0 Å². The van der Waals surface area contributed by atoms with Crippen molar-refractivity contribution in [1.29, 1.82) is 0 Å². The summed E-state index contributed by atoms with van der Waals surface area (Å²) in [6.45, 7) is 6.59. The largest absolute Gasteiger partial charge is 0.450 e. The molecular formula is C12H23N3O3. The highest BCUT2D eigenvalue weighted by atomic mass is 16.5. The van der Waals surface area contributed by atoms with E-state index in [1.54, 1.807) is 11.8 Å². The van der Waals surface area contributed by atoms with Gasteiger partial charge in [0.15, 0.2) is 0 Å². The molecule has 0 radical (unpaired) electrons. The SMILES string of the molecule is CCNCC(=O)N1CCCC(NC(=O)OCC)C1. The number of hydrogen-bond acceptors (Lipinski definition) is 4. The average Bonchev–Trinajstić information content (AvgIpc) is 2.36. The maximum atomic E-state index is 11.8. The smallest absolute Gasteiger partial charge is 0.407 e. The third-order valence-corrected chi connectivity index (χ3v) is 2.90. The monoisotopic (exact) mass is 257 g/mol. The number of hydrogen-bond donors (Lipinski definition) is 2. The van der Waals surface area contributed by atoms with Crippen LogP contribution in [-0.4, -0.2) is 55.7 Å². The fourth-order valence-electron chi connectivity index (χ4n) is 2.00. The zero-order valence-corrected chi connectivity index (χ0v) is 11.2. The molecule has 1 heterocycles. The lowest BCUT2D eigenvalue weighted by molar-refractivity contribution is -0.131. The van der Waals surface area contributed by atoms with Crippen molar-refractivity contribution in [2.75, 3.05) is 32.8 Å². The van der Waals surface area contributed by atoms with Gasteiger partial charge in [-0.25, -0.2) is 4.79 Å². The van der Waals surface area contributed by atoms with Crippen molar-refractivity contribution in [3.8, 4) is 0 Å². The molecule has 0 saturated carbocycles. The normalized spacial score (nSPS) is 19.4. The number of alkyl carbamates (subject to hydrolysis) is 1. The molecule has 2 N–H and O–H groups in total. The van der Waals surface area contributed by atoms with Gasteiger partial charge >= 0.3 is 6.09 Å². The van der Waals surface area contributed by atoms with Crippen LogP contribution in [-0.2, 0) is 9.53 Å². The van der Waals surface area contributed by atoms with Crippen LogP contribution in [0.3, 0.4) is 0 Å². The second kappa shape index (κ2) is 7.92. The Bertz CT molecular complexity index is 284. The van der Waals surface area contributed by atoms with Crippen molar-refractivity contribution in [2.45, 2.75) is 32.7 Å². The molecule has 1 unspecified atom stereocenters. The van der Waals surface area contributed by atoms with Gasteiger partial charge in [0.25, 0.3) is 0 Å². The first kappa shape index (κ1) is 14.8. The Kier molecular flexibility index (Phi) is 6.49. The number of nitrogens with one attached hydrogen (secondary N) is 2. The topological polar surface area (TPSA) is 70.7 Å². The molecular weight excluding hydrogens is 234 g/mol. The minimum absolute atomic E-state index is 0.00313. The van der Waals surface area contributed by atoms with Crippen LogP contribution in [0.4, 0.5) is 4.79 Å². The molecule has 2 amide bonds. The number of nitrogens with zero attached hydrogens (tertiary/aromatic N) is 1. The number of amides is 2. The number of rotatable bonds is 5. The van der Waals surface area contributed by atoms with E-state index in [1.807, 2.05) is 6.92 Å². The first-order chi connectivity index (χ1) is 8.67. The van der Waals surface area contributed by atoms with E-state index in [9.17, 15) is 9.59 Å². The number of ether oxygens (including phenoxy) is 1. The number of carbonyl (C=O) groups is 2. The van der Waals surface area contributed by atoms with Gasteiger partial charge in [0, 0.05) is 19.1 Å². The van der Waals surface area contributed by atoms with Gasteiger partial charge in [-0.2, -0.15) is 0 Å². The highest BCUT2D eigenvalue weighted by Crippen LogP contribution is 2.10. The van der Waals surface area contributed by atoms with Crippen LogP contribution in [0, 0.1) is 0 Å². The maximum Gasteiger partial charge on any atom is 0.407 e. The zero-order valence-electron chi connectivity index (χ0n) is 11.2. The van der Waals surface area contributed by atoms with Gasteiger partial charge in [0.1, 0.15) is 0 Å². The third kappa shape index (κ3) is 4.91. The lowest BCUT2D eigenvalue weighted by Gasteiger charge is -2.33. The van der Waals surface area contributed by atoms with E-state index >= 15 is 0 Å². The minimum Gasteiger partial charge on any atom is -0.450 e. The molecule has 1 rings (SSSR count). The first-order valence-corrected chi connectivity index (χ1v) is 6.59. The summed E-state index contributed by atoms with van der Waals surface area (Å²) in [6.07, 6.45) is 1.40. The molecule has 0 aliphatic carbocycles. The highest BCUT2D eigenvalue weighted by molar-refractivity contribution is 5.78. The minimum atomic E-state index is -0.400. The number of piperidine rings is 1. The summed E-state index contributed by atoms with van der Waals surface area (Å²) in [5.74, 6) is 0.0900. The van der Waals surface area contributed by atoms with E-state index in [0.717, 1.165) is 25.9 Å². The Balaban J connectivity index is 2.36. The molecule has 6 heteroatoms. The summed E-state index contributed by atoms with van der Waals surface area (Å²) in [6, 6.07) is 0.00313. The van der Waals surface area contributed by atoms with Crippen LogP contribution < -0.4 is 10.6 Å². The van der Waals surface area contributed by atoms with E-state index < -0.39 is 6.09 Å². The van der Waals surface area contributed by atoms with Crippen LogP contribution in [0.5, 0.6) is 0 Å². The molecule has 0 aromatic carbocycles. The van der Waals surface area contributed by atoms with Crippen molar-refractivity contribution < 1.29 is 14.3 Å². The van der Waals surface area contributed by atoms with Gasteiger partial charge in [-0.1, -0.05) is 6.92 Å². The predicted octanol–water partition coefficient (Wildman–Crippen LogP) is 0.333. The average molecular weight is 257 g/mol. The second-order valence-electron chi connectivity index (χ2n) is 4.32. The molecule has 1 aliphatic heterocycles. The quantitative estimate of drug-likeness (QED) is 0.745. The van der Waals surface area contributed by atoms with Crippen LogP contribution in [0.15, 0.2) is 0 Å². The van der Waals surface area contributed by atoms with Crippen molar-refractivity contribution >= 4 is 12.0 Å². The Morgan fingerprint density at radius 2 is 2.17 bits per heavy atom. The fraction of sp³-hybridized carbons (Fsp3) is 0.833. The highest BCUT2D eigenvalue weighted by Gasteiger charge is 2.24. The van der Waals surface area contributed by atoms with E-state index in [2.05, 4.69) is 10.6 Å². The van der Waals surface area contributed by atoms with Gasteiger partial charge in [-0.15, -0.1) is 0 Å². The van der Waals surface area contributed by atoms with Crippen LogP contribution >= 0.6 is 0 Å². The van der Waals surface area contributed by atoms with E-state index in [4.69, 9.17) is 4.74 Å². The number of likely N-dealkylation sites (tertiary alicyclic amines) is 1. The molecule has 0 spiro atoms. The zero-order chi connectivity index (χ0) is 13.4. The summed E-state index contributed by atoms with van der Waals surface area (Å²) in [4.78, 5) is 24.9. The van der Waals surface area contributed by atoms with Gasteiger partial charge in [0.2, 0.25) is 5.91 Å². The molecule has 104 valence electrons. The second-order valence-corrected chi connectivity index (χ2v) is 4.32. The summed E-state index contributed by atoms with van der Waals surface area (Å²) in [7, 11) is 0. The Morgan fingerprint density at radius 1 is 1.39 bits per heavy atom. The summed E-state index contributed by atoms with van der Waals surface area (Å²) >= 11 is 0. The lowest BCUT2D eigenvalue weighted by atomic mass is 10.1. The molecule has 1 atom stereocenters. The maximum absolute atomic E-state index is 11.8. The number of carbonyl (C=O) groups excluding carboxylic acids is 2. The standard InChI is InChI=1S/C12H23N3O3/c1-3-13-8-11(16)15-7-5-6-10(9-15)14-12(17)18-4-2/h10,13H,3-9H2,1-2H3,(H,14,17).